The van der Waals surface area contributed by atoms with E-state index in [1.54, 1.807) is 5.57 Å². The van der Waals surface area contributed by atoms with E-state index in [0.717, 1.165) is 17.6 Å². The van der Waals surface area contributed by atoms with Crippen molar-refractivity contribution in [3.63, 3.8) is 0 Å². The van der Waals surface area contributed by atoms with Gasteiger partial charge in [-0.2, -0.15) is 4.57 Å². The van der Waals surface area contributed by atoms with E-state index in [1.807, 2.05) is 0 Å². The van der Waals surface area contributed by atoms with Gasteiger partial charge in [0.1, 0.15) is 0 Å². The van der Waals surface area contributed by atoms with Crippen LogP contribution >= 0.6 is 0 Å². The Labute approximate surface area is 268 Å². The normalized spacial score (nSPS) is 19.2. The van der Waals surface area contributed by atoms with Gasteiger partial charge in [0.15, 0.2) is 6.20 Å². The van der Waals surface area contributed by atoms with E-state index >= 15 is 0 Å². The predicted molar refractivity (Wildman–Crippen MR) is 188 cm³/mol. The zero-order valence-electron chi connectivity index (χ0n) is 27.7. The van der Waals surface area contributed by atoms with Crippen LogP contribution in [-0.2, 0) is 11.0 Å². The van der Waals surface area contributed by atoms with Crippen LogP contribution in [0.3, 0.4) is 0 Å². The van der Waals surface area contributed by atoms with Crippen molar-refractivity contribution in [2.45, 2.75) is 84.6 Å². The fraction of sp³-hybridized carbons (Fsp3) is 0.349. The van der Waals surface area contributed by atoms with E-state index in [0.29, 0.717) is 11.8 Å². The van der Waals surface area contributed by atoms with Crippen molar-refractivity contribution in [1.29, 1.82) is 0 Å². The van der Waals surface area contributed by atoms with Gasteiger partial charge in [0.2, 0.25) is 11.2 Å². The molecule has 0 saturated carbocycles. The molecule has 1 unspecified atom stereocenters. The van der Waals surface area contributed by atoms with E-state index in [4.69, 9.17) is 4.98 Å². The molecule has 3 aromatic carbocycles. The van der Waals surface area contributed by atoms with Crippen LogP contribution in [0.15, 0.2) is 102 Å². The fourth-order valence-corrected chi connectivity index (χ4v) is 9.29. The minimum Gasteiger partial charge on any atom is -0.247 e. The molecule has 0 radical (unpaired) electrons. The van der Waals surface area contributed by atoms with Crippen LogP contribution in [-0.4, -0.2) is 4.98 Å². The second-order valence-electron chi connectivity index (χ2n) is 14.2. The Morgan fingerprint density at radius 1 is 0.800 bits per heavy atom. The van der Waals surface area contributed by atoms with Gasteiger partial charge in [-0.05, 0) is 83.2 Å². The third-order valence-corrected chi connectivity index (χ3v) is 11.7. The van der Waals surface area contributed by atoms with Gasteiger partial charge in [0.25, 0.3) is 0 Å². The molecule has 0 bridgehead atoms. The second-order valence-corrected chi connectivity index (χ2v) is 14.2. The molecule has 1 spiro atoms. The lowest BCUT2D eigenvalue weighted by molar-refractivity contribution is -0.726. The number of pyridine rings is 2. The summed E-state index contributed by atoms with van der Waals surface area (Å²) in [6.45, 7) is 14.4. The van der Waals surface area contributed by atoms with Crippen LogP contribution in [0.4, 0.5) is 0 Å². The van der Waals surface area contributed by atoms with Crippen molar-refractivity contribution >= 4 is 21.7 Å². The molecule has 2 aromatic heterocycles. The first-order valence-electron chi connectivity index (χ1n) is 17.3. The maximum atomic E-state index is 5.35. The number of benzene rings is 3. The Balaban J connectivity index is 1.52. The van der Waals surface area contributed by atoms with Crippen LogP contribution in [0.1, 0.15) is 90.3 Å². The van der Waals surface area contributed by atoms with Crippen LogP contribution in [0.25, 0.3) is 44.2 Å². The lowest BCUT2D eigenvalue weighted by Gasteiger charge is -2.34. The first-order chi connectivity index (χ1) is 21.9. The molecule has 3 aliphatic rings. The SMILES string of the molecule is CCC(CC)C1=CC2(CC(C(CC)CC)=C1)c1cc3ccccc3c3c1-c1c4c(cc(-c5ccccc5)nc4cc[n+]12)C3(C)C. The molecule has 45 heavy (non-hydrogen) atoms. The zero-order valence-corrected chi connectivity index (χ0v) is 27.7. The number of hydrogen-bond acceptors (Lipinski definition) is 1. The third kappa shape index (κ3) is 3.87. The Hall–Kier alpha value is -4.04. The van der Waals surface area contributed by atoms with E-state index in [-0.39, 0.29) is 11.0 Å². The maximum absolute atomic E-state index is 5.35. The van der Waals surface area contributed by atoms with Gasteiger partial charge in [-0.25, -0.2) is 4.98 Å². The van der Waals surface area contributed by atoms with Gasteiger partial charge in [-0.1, -0.05) is 108 Å². The summed E-state index contributed by atoms with van der Waals surface area (Å²) in [5, 5.41) is 4.06. The molecule has 0 saturated heterocycles. The minimum absolute atomic E-state index is 0.196. The van der Waals surface area contributed by atoms with Crippen molar-refractivity contribution in [3.05, 3.63) is 119 Å². The molecule has 0 N–H and O–H groups in total. The highest BCUT2D eigenvalue weighted by Gasteiger charge is 2.57. The van der Waals surface area contributed by atoms with Gasteiger partial charge in [-0.3, -0.25) is 0 Å². The Morgan fingerprint density at radius 2 is 1.51 bits per heavy atom. The lowest BCUT2D eigenvalue weighted by Crippen LogP contribution is -2.55. The summed E-state index contributed by atoms with van der Waals surface area (Å²) in [6.07, 6.45) is 13.4. The lowest BCUT2D eigenvalue weighted by atomic mass is 9.66. The average molecular weight is 590 g/mol. The molecular formula is C43H45N2+. The molecule has 5 aromatic rings. The molecular weight excluding hydrogens is 544 g/mol. The van der Waals surface area contributed by atoms with Crippen LogP contribution in [0.2, 0.25) is 0 Å². The number of fused-ring (bicyclic) bond motifs is 4. The maximum Gasteiger partial charge on any atom is 0.224 e. The summed E-state index contributed by atoms with van der Waals surface area (Å²) in [7, 11) is 0. The highest BCUT2D eigenvalue weighted by molar-refractivity contribution is 6.06. The van der Waals surface area contributed by atoms with Crippen LogP contribution in [0.5, 0.6) is 0 Å². The van der Waals surface area contributed by atoms with E-state index in [2.05, 4.69) is 137 Å². The first kappa shape index (κ1) is 28.4. The fourth-order valence-electron chi connectivity index (χ4n) is 9.29. The number of hydrogen-bond donors (Lipinski definition) is 0. The Morgan fingerprint density at radius 3 is 2.24 bits per heavy atom. The first-order valence-corrected chi connectivity index (χ1v) is 17.3. The Kier molecular flexibility index (Phi) is 6.47. The number of aromatic nitrogens is 2. The van der Waals surface area contributed by atoms with Gasteiger partial charge in [-0.15, -0.1) is 0 Å². The highest BCUT2D eigenvalue weighted by atomic mass is 15.1. The summed E-state index contributed by atoms with van der Waals surface area (Å²) in [5.41, 5.74) is 13.2. The summed E-state index contributed by atoms with van der Waals surface area (Å²) >= 11 is 0. The molecule has 1 aliphatic heterocycles. The molecule has 2 aliphatic carbocycles. The standard InChI is InChI=1S/C43H45N2/c1-7-27(8-2)31-22-32(28(9-3)10-4)26-43(25-31)35-23-30-18-14-15-19-33(30)40-39(35)41-38-34(42(40,5)6)24-37(29-16-12-11-13-17-29)44-36(38)20-21-45(41)43/h11-25,27-28H,7-10,26H2,1-6H3/q+1. The average Bonchev–Trinajstić information content (AvgIpc) is 3.32. The second kappa shape index (κ2) is 10.2. The summed E-state index contributed by atoms with van der Waals surface area (Å²) in [5.74, 6) is 1.16. The molecule has 0 fully saturated rings. The predicted octanol–water partition coefficient (Wildman–Crippen LogP) is 10.8. The van der Waals surface area contributed by atoms with Crippen molar-refractivity contribution in [2.75, 3.05) is 0 Å². The summed E-state index contributed by atoms with van der Waals surface area (Å²) < 4.78 is 2.68. The van der Waals surface area contributed by atoms with Gasteiger partial charge in [0, 0.05) is 29.0 Å². The number of nitrogens with zero attached hydrogens (tertiary/aromatic N) is 2. The minimum atomic E-state index is -0.252. The van der Waals surface area contributed by atoms with E-state index in [1.165, 1.54) is 80.9 Å². The Bertz CT molecular complexity index is 2050. The third-order valence-electron chi connectivity index (χ3n) is 11.7. The van der Waals surface area contributed by atoms with Gasteiger partial charge < -0.3 is 0 Å². The van der Waals surface area contributed by atoms with E-state index < -0.39 is 0 Å². The van der Waals surface area contributed by atoms with Crippen molar-refractivity contribution in [2.24, 2.45) is 11.8 Å². The topological polar surface area (TPSA) is 16.8 Å². The van der Waals surface area contributed by atoms with E-state index in [9.17, 15) is 0 Å². The highest BCUT2D eigenvalue weighted by Crippen LogP contribution is 2.58. The molecule has 1 atom stereocenters. The van der Waals surface area contributed by atoms with Crippen LogP contribution < -0.4 is 4.57 Å². The van der Waals surface area contributed by atoms with Crippen molar-refractivity contribution in [3.8, 4) is 22.5 Å². The monoisotopic (exact) mass is 589 g/mol. The molecule has 0 amide bonds. The zero-order chi connectivity index (χ0) is 31.1. The van der Waals surface area contributed by atoms with Gasteiger partial charge >= 0.3 is 0 Å². The molecule has 2 nitrogen and oxygen atoms in total. The molecule has 3 heterocycles. The number of allylic oxidation sites excluding steroid dienone is 4. The molecule has 2 heteroatoms. The van der Waals surface area contributed by atoms with Crippen LogP contribution in [0, 0.1) is 11.8 Å². The molecule has 226 valence electrons. The summed E-state index contributed by atoms with van der Waals surface area (Å²) in [4.78, 5) is 5.35. The number of rotatable bonds is 7. The molecule has 8 rings (SSSR count). The quantitative estimate of drug-likeness (QED) is 0.173. The van der Waals surface area contributed by atoms with Crippen molar-refractivity contribution in [1.82, 2.24) is 4.98 Å². The van der Waals surface area contributed by atoms with Crippen molar-refractivity contribution < 1.29 is 4.57 Å². The smallest absolute Gasteiger partial charge is 0.224 e. The summed E-state index contributed by atoms with van der Waals surface area (Å²) in [6, 6.07) is 27.1. The van der Waals surface area contributed by atoms with Gasteiger partial charge in [0.05, 0.1) is 22.2 Å². The largest absolute Gasteiger partial charge is 0.247 e.